The Kier molecular flexibility index (Phi) is 3.90. The second-order valence-electron chi connectivity index (χ2n) is 5.16. The van der Waals surface area contributed by atoms with Gasteiger partial charge in [0.05, 0.1) is 17.3 Å². The van der Waals surface area contributed by atoms with E-state index in [0.717, 1.165) is 28.7 Å². The van der Waals surface area contributed by atoms with Crippen LogP contribution in [0, 0.1) is 0 Å². The van der Waals surface area contributed by atoms with Crippen molar-refractivity contribution in [2.45, 2.75) is 19.5 Å². The molecule has 0 aliphatic heterocycles. The van der Waals surface area contributed by atoms with Crippen LogP contribution in [0.4, 0.5) is 13.2 Å². The zero-order chi connectivity index (χ0) is 16.4. The Bertz CT molecular complexity index is 863. The van der Waals surface area contributed by atoms with Gasteiger partial charge in [0.25, 0.3) is 0 Å². The van der Waals surface area contributed by atoms with Gasteiger partial charge in [-0.15, -0.1) is 0 Å². The van der Waals surface area contributed by atoms with Gasteiger partial charge in [-0.2, -0.15) is 18.3 Å². The summed E-state index contributed by atoms with van der Waals surface area (Å²) in [5, 5.41) is 7.70. The van der Waals surface area contributed by atoms with Gasteiger partial charge in [-0.1, -0.05) is 19.1 Å². The fourth-order valence-electron chi connectivity index (χ4n) is 2.52. The Morgan fingerprint density at radius 1 is 1.22 bits per heavy atom. The first kappa shape index (κ1) is 15.3. The number of nitrogens with zero attached hydrogens (tertiary/aromatic N) is 2. The summed E-state index contributed by atoms with van der Waals surface area (Å²) < 4.78 is 39.5. The van der Waals surface area contributed by atoms with E-state index in [9.17, 15) is 13.2 Å². The van der Waals surface area contributed by atoms with Crippen molar-refractivity contribution in [3.8, 4) is 0 Å². The summed E-state index contributed by atoms with van der Waals surface area (Å²) in [7, 11) is 0. The number of hydrogen-bond donors (Lipinski definition) is 1. The van der Waals surface area contributed by atoms with Gasteiger partial charge in [0.15, 0.2) is 0 Å². The second-order valence-corrected chi connectivity index (χ2v) is 5.16. The Hall–Kier alpha value is -2.63. The predicted octanol–water partition coefficient (Wildman–Crippen LogP) is 4.93. The third-order valence-electron chi connectivity index (χ3n) is 3.66. The van der Waals surface area contributed by atoms with Crippen molar-refractivity contribution in [2.24, 2.45) is 0 Å². The molecule has 1 aromatic carbocycles. The molecular weight excluding hydrogens is 303 g/mol. The molecule has 23 heavy (non-hydrogen) atoms. The van der Waals surface area contributed by atoms with E-state index in [1.54, 1.807) is 12.3 Å². The molecule has 118 valence electrons. The number of halogens is 3. The van der Waals surface area contributed by atoms with E-state index in [-0.39, 0.29) is 5.56 Å². The summed E-state index contributed by atoms with van der Waals surface area (Å²) in [6.07, 6.45) is 1.95. The first-order valence-electron chi connectivity index (χ1n) is 7.14. The first-order valence-corrected chi connectivity index (χ1v) is 7.14. The second kappa shape index (κ2) is 5.87. The van der Waals surface area contributed by atoms with Crippen LogP contribution in [0.5, 0.6) is 0 Å². The van der Waals surface area contributed by atoms with Crippen molar-refractivity contribution in [1.82, 2.24) is 15.2 Å². The molecule has 0 aliphatic carbocycles. The molecule has 1 N–H and O–H groups in total. The number of H-pyrrole nitrogens is 1. The first-order chi connectivity index (χ1) is 11.0. The number of aromatic nitrogens is 3. The fraction of sp³-hybridized carbons (Fsp3) is 0.176. The summed E-state index contributed by atoms with van der Waals surface area (Å²) in [6.45, 7) is 1.83. The highest BCUT2D eigenvalue weighted by Crippen LogP contribution is 2.36. The van der Waals surface area contributed by atoms with Gasteiger partial charge in [0.2, 0.25) is 0 Å². The van der Waals surface area contributed by atoms with Crippen LogP contribution in [0.15, 0.2) is 42.9 Å². The van der Waals surface area contributed by atoms with E-state index in [1.807, 2.05) is 25.1 Å². The lowest BCUT2D eigenvalue weighted by molar-refractivity contribution is -0.137. The highest BCUT2D eigenvalue weighted by atomic mass is 19.4. The predicted molar refractivity (Wildman–Crippen MR) is 83.5 cm³/mol. The molecule has 0 fully saturated rings. The number of hydrogen-bond acceptors (Lipinski definition) is 2. The molecule has 0 saturated carbocycles. The molecule has 3 aromatic rings. The molecule has 0 saturated heterocycles. The standard InChI is InChI=1S/C17H14F3N3/c1-2-12(14-10-21-6-5-15(14)17(18,19)20)7-11-3-4-16-13(8-11)9-22-23-16/h3-10H,2H2,1H3,(H,22,23)/b12-7+. The Morgan fingerprint density at radius 3 is 2.78 bits per heavy atom. The lowest BCUT2D eigenvalue weighted by Gasteiger charge is -2.14. The van der Waals surface area contributed by atoms with E-state index >= 15 is 0 Å². The van der Waals surface area contributed by atoms with Crippen LogP contribution in [-0.2, 0) is 6.18 Å². The van der Waals surface area contributed by atoms with E-state index < -0.39 is 11.7 Å². The minimum absolute atomic E-state index is 0.120. The number of alkyl halides is 3. The normalized spacial score (nSPS) is 12.8. The third kappa shape index (κ3) is 3.11. The molecule has 0 bridgehead atoms. The average Bonchev–Trinajstić information content (AvgIpc) is 2.99. The Labute approximate surface area is 130 Å². The number of nitrogens with one attached hydrogen (secondary N) is 1. The van der Waals surface area contributed by atoms with Gasteiger partial charge in [-0.25, -0.2) is 0 Å². The highest BCUT2D eigenvalue weighted by molar-refractivity contribution is 5.87. The molecule has 0 atom stereocenters. The van der Waals surface area contributed by atoms with Crippen LogP contribution in [0.2, 0.25) is 0 Å². The summed E-state index contributed by atoms with van der Waals surface area (Å²) >= 11 is 0. The van der Waals surface area contributed by atoms with Gasteiger partial charge < -0.3 is 0 Å². The van der Waals surface area contributed by atoms with Crippen molar-refractivity contribution >= 4 is 22.6 Å². The minimum atomic E-state index is -4.40. The molecule has 0 spiro atoms. The van der Waals surface area contributed by atoms with Crippen LogP contribution in [0.1, 0.15) is 30.0 Å². The van der Waals surface area contributed by atoms with Crippen LogP contribution >= 0.6 is 0 Å². The van der Waals surface area contributed by atoms with Crippen LogP contribution in [0.25, 0.3) is 22.6 Å². The number of aromatic amines is 1. The Morgan fingerprint density at radius 2 is 2.04 bits per heavy atom. The average molecular weight is 317 g/mol. The van der Waals surface area contributed by atoms with E-state index in [1.165, 1.54) is 6.20 Å². The van der Waals surface area contributed by atoms with Crippen LogP contribution in [-0.4, -0.2) is 15.2 Å². The number of rotatable bonds is 3. The van der Waals surface area contributed by atoms with Crippen LogP contribution < -0.4 is 0 Å². The molecule has 3 rings (SSSR count). The number of pyridine rings is 1. The number of allylic oxidation sites excluding steroid dienone is 1. The molecule has 2 aromatic heterocycles. The summed E-state index contributed by atoms with van der Waals surface area (Å²) in [5.74, 6) is 0. The van der Waals surface area contributed by atoms with E-state index in [0.29, 0.717) is 12.0 Å². The van der Waals surface area contributed by atoms with Gasteiger partial charge in [-0.3, -0.25) is 10.1 Å². The van der Waals surface area contributed by atoms with Crippen molar-refractivity contribution in [3.63, 3.8) is 0 Å². The summed E-state index contributed by atoms with van der Waals surface area (Å²) in [4.78, 5) is 3.86. The van der Waals surface area contributed by atoms with Crippen molar-refractivity contribution in [3.05, 3.63) is 59.5 Å². The van der Waals surface area contributed by atoms with E-state index in [2.05, 4.69) is 15.2 Å². The number of fused-ring (bicyclic) bond motifs is 1. The lowest BCUT2D eigenvalue weighted by atomic mass is 9.97. The zero-order valence-corrected chi connectivity index (χ0v) is 12.4. The maximum atomic E-state index is 13.2. The van der Waals surface area contributed by atoms with Gasteiger partial charge in [-0.05, 0) is 35.8 Å². The largest absolute Gasteiger partial charge is 0.417 e. The third-order valence-corrected chi connectivity index (χ3v) is 3.66. The van der Waals surface area contributed by atoms with Crippen molar-refractivity contribution in [1.29, 1.82) is 0 Å². The Balaban J connectivity index is 2.09. The number of benzene rings is 1. The fourth-order valence-corrected chi connectivity index (χ4v) is 2.52. The molecule has 0 amide bonds. The van der Waals surface area contributed by atoms with E-state index in [4.69, 9.17) is 0 Å². The lowest BCUT2D eigenvalue weighted by Crippen LogP contribution is -2.09. The molecule has 2 heterocycles. The molecular formula is C17H14F3N3. The van der Waals surface area contributed by atoms with Crippen molar-refractivity contribution < 1.29 is 13.2 Å². The molecule has 0 unspecified atom stereocenters. The molecule has 6 heteroatoms. The zero-order valence-electron chi connectivity index (χ0n) is 12.4. The van der Waals surface area contributed by atoms with Crippen molar-refractivity contribution in [2.75, 3.05) is 0 Å². The smallest absolute Gasteiger partial charge is 0.278 e. The summed E-state index contributed by atoms with van der Waals surface area (Å²) in [6, 6.07) is 6.60. The molecule has 0 aliphatic rings. The maximum absolute atomic E-state index is 13.2. The van der Waals surface area contributed by atoms with Gasteiger partial charge >= 0.3 is 6.18 Å². The van der Waals surface area contributed by atoms with Gasteiger partial charge in [0.1, 0.15) is 0 Å². The van der Waals surface area contributed by atoms with Gasteiger partial charge in [0, 0.05) is 23.3 Å². The maximum Gasteiger partial charge on any atom is 0.417 e. The van der Waals surface area contributed by atoms with Crippen LogP contribution in [0.3, 0.4) is 0 Å². The molecule has 0 radical (unpaired) electrons. The summed E-state index contributed by atoms with van der Waals surface area (Å²) in [5.41, 5.74) is 1.76. The minimum Gasteiger partial charge on any atom is -0.278 e. The topological polar surface area (TPSA) is 41.6 Å². The molecule has 3 nitrogen and oxygen atoms in total. The quantitative estimate of drug-likeness (QED) is 0.744. The highest BCUT2D eigenvalue weighted by Gasteiger charge is 2.33. The SMILES string of the molecule is CC/C(=C\c1ccc2[nH]ncc2c1)c1cnccc1C(F)(F)F. The monoisotopic (exact) mass is 317 g/mol.